The van der Waals surface area contributed by atoms with Crippen LogP contribution in [0, 0.1) is 0 Å². The van der Waals surface area contributed by atoms with E-state index in [9.17, 15) is 0 Å². The number of para-hydroxylation sites is 1. The molecule has 1 aliphatic carbocycles. The number of fused-ring (bicyclic) bond motifs is 6. The molecule has 1 aromatic heterocycles. The second-order valence-electron chi connectivity index (χ2n) is 11.6. The van der Waals surface area contributed by atoms with E-state index in [4.69, 9.17) is 0 Å². The molecule has 0 aliphatic heterocycles. The zero-order valence-electron chi connectivity index (χ0n) is 24.7. The number of hydrogen-bond acceptors (Lipinski definition) is 0. The van der Waals surface area contributed by atoms with Gasteiger partial charge in [-0.2, -0.15) is 0 Å². The van der Waals surface area contributed by atoms with Crippen LogP contribution in [0.2, 0.25) is 0 Å². The molecule has 0 saturated heterocycles. The average Bonchev–Trinajstić information content (AvgIpc) is 3.43. The fourth-order valence-corrected chi connectivity index (χ4v) is 6.35. The molecule has 0 saturated carbocycles. The third-order valence-electron chi connectivity index (χ3n) is 8.59. The Morgan fingerprint density at radius 2 is 1.37 bits per heavy atom. The first-order valence-corrected chi connectivity index (χ1v) is 14.4. The molecule has 41 heavy (non-hydrogen) atoms. The van der Waals surface area contributed by atoms with Crippen molar-refractivity contribution in [3.63, 3.8) is 0 Å². The lowest BCUT2D eigenvalue weighted by Crippen LogP contribution is -2.15. The van der Waals surface area contributed by atoms with E-state index in [-0.39, 0.29) is 5.41 Å². The van der Waals surface area contributed by atoms with Crippen molar-refractivity contribution < 1.29 is 0 Å². The van der Waals surface area contributed by atoms with Crippen LogP contribution >= 0.6 is 0 Å². The lowest BCUT2D eigenvalue weighted by Gasteiger charge is -2.22. The molecule has 0 unspecified atom stereocenters. The zero-order chi connectivity index (χ0) is 28.7. The molecule has 0 radical (unpaired) electrons. The number of allylic oxidation sites excluding steroid dienone is 9. The molecular weight excluding hydrogens is 494 g/mol. The van der Waals surface area contributed by atoms with Gasteiger partial charge in [0.05, 0.1) is 11.0 Å². The van der Waals surface area contributed by atoms with Crippen LogP contribution in [0.3, 0.4) is 0 Å². The van der Waals surface area contributed by atoms with Crippen LogP contribution in [0.4, 0.5) is 0 Å². The van der Waals surface area contributed by atoms with E-state index in [2.05, 4.69) is 155 Å². The zero-order valence-corrected chi connectivity index (χ0v) is 24.7. The van der Waals surface area contributed by atoms with E-state index in [0.29, 0.717) is 0 Å². The molecule has 5 aromatic rings. The molecule has 1 nitrogen and oxygen atoms in total. The minimum atomic E-state index is -0.0585. The third-order valence-corrected chi connectivity index (χ3v) is 8.59. The second-order valence-corrected chi connectivity index (χ2v) is 11.6. The Kier molecular flexibility index (Phi) is 6.75. The van der Waals surface area contributed by atoms with Crippen molar-refractivity contribution in [2.45, 2.75) is 40.0 Å². The molecule has 0 fully saturated rings. The molecular formula is C40H37N. The Balaban J connectivity index is 1.67. The molecule has 0 N–H and O–H groups in total. The van der Waals surface area contributed by atoms with Crippen LogP contribution in [0.25, 0.3) is 49.8 Å². The number of benzene rings is 4. The first-order valence-electron chi connectivity index (χ1n) is 14.4. The van der Waals surface area contributed by atoms with Gasteiger partial charge in [0.15, 0.2) is 0 Å². The molecule has 1 heterocycles. The van der Waals surface area contributed by atoms with Crippen LogP contribution in [-0.4, -0.2) is 4.57 Å². The average molecular weight is 532 g/mol. The highest BCUT2D eigenvalue weighted by molar-refractivity contribution is 6.11. The maximum atomic E-state index is 3.82. The molecule has 1 heteroatoms. The van der Waals surface area contributed by atoms with E-state index >= 15 is 0 Å². The maximum Gasteiger partial charge on any atom is 0.0544 e. The van der Waals surface area contributed by atoms with E-state index < -0.39 is 0 Å². The predicted octanol–water partition coefficient (Wildman–Crippen LogP) is 11.2. The van der Waals surface area contributed by atoms with E-state index in [1.807, 2.05) is 12.2 Å². The highest BCUT2D eigenvalue weighted by Gasteiger charge is 2.36. The monoisotopic (exact) mass is 531 g/mol. The molecule has 0 atom stereocenters. The quantitative estimate of drug-likeness (QED) is 0.192. The summed E-state index contributed by atoms with van der Waals surface area (Å²) in [7, 11) is 0. The highest BCUT2D eigenvalue weighted by Crippen LogP contribution is 2.51. The van der Waals surface area contributed by atoms with Gasteiger partial charge in [0, 0.05) is 21.9 Å². The summed E-state index contributed by atoms with van der Waals surface area (Å²) in [4.78, 5) is 0. The van der Waals surface area contributed by atoms with Crippen molar-refractivity contribution in [3.8, 4) is 16.8 Å². The van der Waals surface area contributed by atoms with Crippen molar-refractivity contribution >= 4 is 33.0 Å². The third kappa shape index (κ3) is 4.43. The lowest BCUT2D eigenvalue weighted by molar-refractivity contribution is 0.661. The predicted molar refractivity (Wildman–Crippen MR) is 180 cm³/mol. The summed E-state index contributed by atoms with van der Waals surface area (Å²) in [6.07, 6.45) is 14.4. The normalized spacial score (nSPS) is 14.9. The number of aromatic nitrogens is 1. The van der Waals surface area contributed by atoms with Crippen molar-refractivity contribution in [1.29, 1.82) is 0 Å². The molecule has 0 bridgehead atoms. The fourth-order valence-electron chi connectivity index (χ4n) is 6.35. The Labute approximate surface area is 244 Å². The lowest BCUT2D eigenvalue weighted by atomic mass is 9.82. The van der Waals surface area contributed by atoms with Crippen LogP contribution in [0.5, 0.6) is 0 Å². The molecule has 0 amide bonds. The minimum Gasteiger partial charge on any atom is -0.309 e. The molecule has 6 rings (SSSR count). The van der Waals surface area contributed by atoms with Crippen LogP contribution in [0.1, 0.15) is 56.9 Å². The summed E-state index contributed by atoms with van der Waals surface area (Å²) in [5.41, 5.74) is 14.0. The van der Waals surface area contributed by atoms with E-state index in [1.165, 1.54) is 72.0 Å². The summed E-state index contributed by atoms with van der Waals surface area (Å²) >= 11 is 0. The Morgan fingerprint density at radius 1 is 0.683 bits per heavy atom. The summed E-state index contributed by atoms with van der Waals surface area (Å²) in [6, 6.07) is 29.6. The van der Waals surface area contributed by atoms with Gasteiger partial charge < -0.3 is 4.57 Å². The smallest absolute Gasteiger partial charge is 0.0544 e. The molecule has 202 valence electrons. The first kappa shape index (κ1) is 26.6. The van der Waals surface area contributed by atoms with Crippen molar-refractivity contribution in [3.05, 3.63) is 150 Å². The van der Waals surface area contributed by atoms with Gasteiger partial charge in [-0.05, 0) is 102 Å². The Morgan fingerprint density at radius 3 is 2.10 bits per heavy atom. The summed E-state index contributed by atoms with van der Waals surface area (Å²) in [6.45, 7) is 15.0. The SMILES string of the molecule is C=C/C=C\C=C(/C)c1cc(/C(C)=C/C=C\C)cc(-n2c3ccccc3c3cc4c(cc32)C(C)(C)c2ccccc2-4)c1. The molecule has 0 spiro atoms. The van der Waals surface area contributed by atoms with Gasteiger partial charge in [-0.25, -0.2) is 0 Å². The first-order chi connectivity index (χ1) is 19.8. The van der Waals surface area contributed by atoms with Crippen molar-refractivity contribution in [1.82, 2.24) is 4.57 Å². The topological polar surface area (TPSA) is 4.93 Å². The van der Waals surface area contributed by atoms with Gasteiger partial charge in [0.2, 0.25) is 0 Å². The van der Waals surface area contributed by atoms with Crippen LogP contribution < -0.4 is 0 Å². The minimum absolute atomic E-state index is 0.0585. The summed E-state index contributed by atoms with van der Waals surface area (Å²) < 4.78 is 2.47. The fraction of sp³-hybridized carbons (Fsp3) is 0.150. The van der Waals surface area contributed by atoms with E-state index in [1.54, 1.807) is 0 Å². The number of hydrogen-bond donors (Lipinski definition) is 0. The van der Waals surface area contributed by atoms with Crippen LogP contribution in [0.15, 0.2) is 128 Å². The Hall–Kier alpha value is -4.62. The van der Waals surface area contributed by atoms with Gasteiger partial charge in [-0.15, -0.1) is 0 Å². The Bertz CT molecular complexity index is 1950. The standard InChI is InChI=1S/C40H37N/c1-7-9-11-17-28(4)30-22-29(27(3)16-10-8-2)23-31(24-30)41-38-21-15-13-19-33(38)35-25-34-32-18-12-14-20-36(32)40(5,6)37(34)26-39(35)41/h7-26H,1H2,2-6H3/b10-8-,11-9-,27-16+,28-17+. The van der Waals surface area contributed by atoms with Gasteiger partial charge in [-0.3, -0.25) is 0 Å². The van der Waals surface area contributed by atoms with Crippen molar-refractivity contribution in [2.24, 2.45) is 0 Å². The maximum absolute atomic E-state index is 3.82. The number of rotatable bonds is 6. The number of nitrogens with zero attached hydrogens (tertiary/aromatic N) is 1. The van der Waals surface area contributed by atoms with Gasteiger partial charge in [0.25, 0.3) is 0 Å². The van der Waals surface area contributed by atoms with Crippen molar-refractivity contribution in [2.75, 3.05) is 0 Å². The summed E-state index contributed by atoms with van der Waals surface area (Å²) in [5.74, 6) is 0. The van der Waals surface area contributed by atoms with Gasteiger partial charge >= 0.3 is 0 Å². The van der Waals surface area contributed by atoms with E-state index in [0.717, 1.165) is 0 Å². The highest BCUT2D eigenvalue weighted by atomic mass is 15.0. The largest absolute Gasteiger partial charge is 0.309 e. The van der Waals surface area contributed by atoms with Gasteiger partial charge in [-0.1, -0.05) is 105 Å². The van der Waals surface area contributed by atoms with Gasteiger partial charge in [0.1, 0.15) is 0 Å². The summed E-state index contributed by atoms with van der Waals surface area (Å²) in [5, 5.41) is 2.57. The van der Waals surface area contributed by atoms with Crippen LogP contribution in [-0.2, 0) is 5.41 Å². The molecule has 1 aliphatic rings. The molecule has 4 aromatic carbocycles. The second kappa shape index (κ2) is 10.4.